The molecule has 10 radical (unpaired) electrons. The van der Waals surface area contributed by atoms with Gasteiger partial charge in [0.25, 0.3) is 0 Å². The summed E-state index contributed by atoms with van der Waals surface area (Å²) in [5, 5.41) is 1.38. The maximum atomic E-state index is 2.31. The Morgan fingerprint density at radius 2 is 0.828 bits per heavy atom. The molecule has 3 aromatic rings. The summed E-state index contributed by atoms with van der Waals surface area (Å²) in [7, 11) is -0.661. The van der Waals surface area contributed by atoms with E-state index in [0.717, 1.165) is 0 Å². The standard InChI is InChI=1S/C28H21P/c1-4-12-22(13-5-1)25-18-10-20-27(25)29(24-16-8-3-9-17-24)28-21-11-19-26(28)23-14-6-2-7-15-23/h1-21H. The maximum Gasteiger partial charge on any atom is 0.0207 e. The second-order valence-electron chi connectivity index (χ2n) is 7.05. The lowest BCUT2D eigenvalue weighted by molar-refractivity contribution is 1.22. The molecule has 0 saturated heterocycles. The van der Waals surface area contributed by atoms with Crippen LogP contribution in [0.25, 0.3) is 0 Å². The molecule has 0 atom stereocenters. The third kappa shape index (κ3) is 3.93. The van der Waals surface area contributed by atoms with E-state index >= 15 is 0 Å². The normalized spacial score (nSPS) is 19.3. The van der Waals surface area contributed by atoms with Gasteiger partial charge < -0.3 is 0 Å². The van der Waals surface area contributed by atoms with Crippen molar-refractivity contribution in [1.82, 2.24) is 0 Å². The van der Waals surface area contributed by atoms with E-state index in [2.05, 4.69) is 130 Å². The van der Waals surface area contributed by atoms with Gasteiger partial charge in [-0.25, -0.2) is 0 Å². The second kappa shape index (κ2) is 8.85. The molecule has 29 heavy (non-hydrogen) atoms. The van der Waals surface area contributed by atoms with Gasteiger partial charge in [0, 0.05) is 23.2 Å². The monoisotopic (exact) mass is 388 g/mol. The fourth-order valence-corrected chi connectivity index (χ4v) is 6.57. The number of rotatable bonds is 5. The van der Waals surface area contributed by atoms with Crippen molar-refractivity contribution >= 4 is 13.2 Å². The molecule has 2 aliphatic carbocycles. The van der Waals surface area contributed by atoms with Crippen molar-refractivity contribution in [3.63, 3.8) is 0 Å². The first-order valence-electron chi connectivity index (χ1n) is 9.89. The molecule has 0 N–H and O–H groups in total. The number of benzene rings is 3. The minimum atomic E-state index is -0.661. The summed E-state index contributed by atoms with van der Waals surface area (Å²) in [6.07, 6.45) is 13.5. The van der Waals surface area contributed by atoms with Crippen LogP contribution in [0.2, 0.25) is 0 Å². The maximum absolute atomic E-state index is 2.31. The summed E-state index contributed by atoms with van der Waals surface area (Å²) >= 11 is 0. The van der Waals surface area contributed by atoms with Gasteiger partial charge in [-0.2, -0.15) is 0 Å². The van der Waals surface area contributed by atoms with E-state index in [1.807, 2.05) is 0 Å². The summed E-state index contributed by atoms with van der Waals surface area (Å²) < 4.78 is 0. The highest BCUT2D eigenvalue weighted by molar-refractivity contribution is 7.72. The van der Waals surface area contributed by atoms with Crippen molar-refractivity contribution in [3.8, 4) is 0 Å². The van der Waals surface area contributed by atoms with E-state index in [9.17, 15) is 0 Å². The predicted molar refractivity (Wildman–Crippen MR) is 123 cm³/mol. The van der Waals surface area contributed by atoms with Crippen LogP contribution in [0.5, 0.6) is 0 Å². The van der Waals surface area contributed by atoms with Gasteiger partial charge in [-0.15, -0.1) is 0 Å². The van der Waals surface area contributed by atoms with E-state index in [1.54, 1.807) is 0 Å². The van der Waals surface area contributed by atoms with Gasteiger partial charge in [0.1, 0.15) is 0 Å². The first-order valence-corrected chi connectivity index (χ1v) is 11.2. The highest BCUT2D eigenvalue weighted by Crippen LogP contribution is 2.69. The van der Waals surface area contributed by atoms with Gasteiger partial charge in [0.2, 0.25) is 0 Å². The third-order valence-corrected chi connectivity index (χ3v) is 7.81. The van der Waals surface area contributed by atoms with E-state index in [-0.39, 0.29) is 0 Å². The Morgan fingerprint density at radius 3 is 1.28 bits per heavy atom. The zero-order valence-electron chi connectivity index (χ0n) is 16.1. The molecule has 2 aliphatic rings. The predicted octanol–water partition coefficient (Wildman–Crippen LogP) is 6.36. The van der Waals surface area contributed by atoms with Crippen LogP contribution < -0.4 is 5.30 Å². The van der Waals surface area contributed by atoms with Gasteiger partial charge in [0.15, 0.2) is 0 Å². The van der Waals surface area contributed by atoms with Crippen molar-refractivity contribution in [1.29, 1.82) is 0 Å². The van der Waals surface area contributed by atoms with Gasteiger partial charge in [-0.05, 0) is 55.0 Å². The quantitative estimate of drug-likeness (QED) is 0.446. The zero-order valence-corrected chi connectivity index (χ0v) is 17.0. The Balaban J connectivity index is 1.54. The van der Waals surface area contributed by atoms with Crippen LogP contribution in [0.4, 0.5) is 0 Å². The minimum Gasteiger partial charge on any atom is -0.0622 e. The van der Waals surface area contributed by atoms with Gasteiger partial charge in [0.05, 0.1) is 0 Å². The highest BCUT2D eigenvalue weighted by atomic mass is 31.1. The molecule has 0 amide bonds. The largest absolute Gasteiger partial charge is 0.0622 e. The summed E-state index contributed by atoms with van der Waals surface area (Å²) in [5.41, 5.74) is 5.40. The number of hydrogen-bond donors (Lipinski definition) is 0. The molecule has 138 valence electrons. The Hall–Kier alpha value is -1.91. The van der Waals surface area contributed by atoms with Crippen LogP contribution in [0.3, 0.4) is 0 Å². The minimum absolute atomic E-state index is 0.661. The molecular weight excluding hydrogens is 367 g/mol. The molecule has 2 saturated carbocycles. The van der Waals surface area contributed by atoms with Crippen LogP contribution in [0.1, 0.15) is 11.1 Å². The second-order valence-corrected chi connectivity index (χ2v) is 9.20. The molecule has 3 aromatic carbocycles. The Morgan fingerprint density at radius 1 is 0.414 bits per heavy atom. The van der Waals surface area contributed by atoms with Gasteiger partial charge >= 0.3 is 0 Å². The van der Waals surface area contributed by atoms with Crippen LogP contribution in [-0.2, 0) is 0 Å². The van der Waals surface area contributed by atoms with Crippen LogP contribution in [0, 0.1) is 61.7 Å². The van der Waals surface area contributed by atoms with Crippen LogP contribution in [-0.4, -0.2) is 0 Å². The lowest BCUT2D eigenvalue weighted by atomic mass is 9.97. The van der Waals surface area contributed by atoms with Crippen LogP contribution >= 0.6 is 7.92 Å². The Kier molecular flexibility index (Phi) is 5.82. The molecule has 0 nitrogen and oxygen atoms in total. The lowest BCUT2D eigenvalue weighted by Crippen LogP contribution is -2.18. The smallest absolute Gasteiger partial charge is 0.0207 e. The molecule has 0 aliphatic heterocycles. The lowest BCUT2D eigenvalue weighted by Gasteiger charge is -2.35. The summed E-state index contributed by atoms with van der Waals surface area (Å²) in [6.45, 7) is 0. The van der Waals surface area contributed by atoms with E-state index in [4.69, 9.17) is 0 Å². The fraction of sp³-hybridized carbons (Fsp3) is 0. The van der Waals surface area contributed by atoms with E-state index < -0.39 is 7.92 Å². The highest BCUT2D eigenvalue weighted by Gasteiger charge is 2.45. The molecule has 0 aromatic heterocycles. The SMILES string of the molecule is [CH]1[CH][C](c2ccccc2)[C](P([C]2[CH][CH][CH][C]2c2ccccc2)c2ccccc2)[CH]1. The molecule has 0 unspecified atom stereocenters. The molecular formula is C28H21P. The van der Waals surface area contributed by atoms with E-state index in [1.165, 1.54) is 39.6 Å². The van der Waals surface area contributed by atoms with Crippen molar-refractivity contribution in [2.75, 3.05) is 0 Å². The summed E-state index contributed by atoms with van der Waals surface area (Å²) in [5.74, 6) is 2.67. The average molecular weight is 388 g/mol. The van der Waals surface area contributed by atoms with Crippen molar-refractivity contribution in [2.45, 2.75) is 0 Å². The molecule has 0 heterocycles. The third-order valence-electron chi connectivity index (χ3n) is 5.25. The summed E-state index contributed by atoms with van der Waals surface area (Å²) in [4.78, 5) is 0. The fourth-order valence-electron chi connectivity index (χ4n) is 3.92. The molecule has 0 spiro atoms. The first kappa shape index (κ1) is 19.1. The van der Waals surface area contributed by atoms with E-state index in [0.29, 0.717) is 0 Å². The average Bonchev–Trinajstić information content (AvgIpc) is 3.47. The van der Waals surface area contributed by atoms with Crippen molar-refractivity contribution in [3.05, 3.63) is 164 Å². The topological polar surface area (TPSA) is 0 Å². The Bertz CT molecular complexity index is 832. The van der Waals surface area contributed by atoms with Crippen molar-refractivity contribution in [2.24, 2.45) is 0 Å². The van der Waals surface area contributed by atoms with Crippen molar-refractivity contribution < 1.29 is 0 Å². The zero-order chi connectivity index (χ0) is 19.5. The molecule has 0 bridgehead atoms. The van der Waals surface area contributed by atoms with Crippen LogP contribution in [0.15, 0.2) is 91.0 Å². The molecule has 5 rings (SSSR count). The molecule has 1 heteroatoms. The Labute approximate surface area is 177 Å². The van der Waals surface area contributed by atoms with Gasteiger partial charge in [-0.1, -0.05) is 98.9 Å². The number of hydrogen-bond acceptors (Lipinski definition) is 0. The summed E-state index contributed by atoms with van der Waals surface area (Å²) in [6, 6.07) is 32.4. The van der Waals surface area contributed by atoms with Gasteiger partial charge in [-0.3, -0.25) is 0 Å². The first-order chi connectivity index (χ1) is 14.4. The molecule has 2 fully saturated rings.